The number of alkyl halides is 3. The van der Waals surface area contributed by atoms with Gasteiger partial charge < -0.3 is 9.64 Å². The molecule has 0 saturated heterocycles. The van der Waals surface area contributed by atoms with Crippen molar-refractivity contribution in [1.82, 2.24) is 14.8 Å². The number of aromatic nitrogens is 3. The van der Waals surface area contributed by atoms with Gasteiger partial charge in [0, 0.05) is 30.9 Å². The molecule has 5 nitrogen and oxygen atoms in total. The number of hydrogen-bond donors (Lipinski definition) is 0. The predicted octanol–water partition coefficient (Wildman–Crippen LogP) is 5.62. The van der Waals surface area contributed by atoms with Crippen LogP contribution in [-0.4, -0.2) is 34.2 Å². The van der Waals surface area contributed by atoms with E-state index in [0.29, 0.717) is 5.69 Å². The molecular weight excluding hydrogens is 381 g/mol. The van der Waals surface area contributed by atoms with Crippen LogP contribution < -0.4 is 9.64 Å². The number of nitrogens with zero attached hydrogens (tertiary/aromatic N) is 4. The standard InChI is InChI=1S/C21H27F3N4O/c1-4-5-7-16-8-6-11-27(14-16)19-12-18(15(2)3)28(26-19)17-9-10-20(25-13-17)29-21(22,23)24/h8-10,12-13,15H,4-7,11,14H2,1-3H3. The lowest BCUT2D eigenvalue weighted by atomic mass is 10.0. The summed E-state index contributed by atoms with van der Waals surface area (Å²) in [6.45, 7) is 8.09. The van der Waals surface area contributed by atoms with Gasteiger partial charge in [0.1, 0.15) is 0 Å². The van der Waals surface area contributed by atoms with E-state index in [-0.39, 0.29) is 5.92 Å². The maximum absolute atomic E-state index is 12.4. The minimum atomic E-state index is -4.76. The van der Waals surface area contributed by atoms with E-state index >= 15 is 0 Å². The molecule has 0 radical (unpaired) electrons. The molecule has 3 heterocycles. The summed E-state index contributed by atoms with van der Waals surface area (Å²) in [5.74, 6) is 0.593. The van der Waals surface area contributed by atoms with E-state index in [2.05, 4.69) is 47.5 Å². The Morgan fingerprint density at radius 3 is 2.66 bits per heavy atom. The maximum atomic E-state index is 12.4. The molecule has 2 aromatic rings. The van der Waals surface area contributed by atoms with E-state index < -0.39 is 12.2 Å². The molecule has 0 spiro atoms. The Bertz CT molecular complexity index is 841. The van der Waals surface area contributed by atoms with Crippen LogP contribution >= 0.6 is 0 Å². The first kappa shape index (κ1) is 21.2. The van der Waals surface area contributed by atoms with Gasteiger partial charge >= 0.3 is 6.36 Å². The SMILES string of the molecule is CCCCC1=CCCN(c2cc(C(C)C)n(-c3ccc(OC(F)(F)F)nc3)n2)C1. The topological polar surface area (TPSA) is 43.2 Å². The van der Waals surface area contributed by atoms with Crippen molar-refractivity contribution < 1.29 is 17.9 Å². The lowest BCUT2D eigenvalue weighted by Crippen LogP contribution is -2.30. The van der Waals surface area contributed by atoms with Crippen LogP contribution in [-0.2, 0) is 0 Å². The van der Waals surface area contributed by atoms with Gasteiger partial charge in [0.25, 0.3) is 0 Å². The van der Waals surface area contributed by atoms with Crippen molar-refractivity contribution in [3.8, 4) is 11.6 Å². The van der Waals surface area contributed by atoms with Gasteiger partial charge in [-0.25, -0.2) is 9.67 Å². The first-order valence-electron chi connectivity index (χ1n) is 10.0. The Kier molecular flexibility index (Phi) is 6.49. The number of unbranched alkanes of at least 4 members (excludes halogenated alkanes) is 1. The zero-order chi connectivity index (χ0) is 21.0. The Balaban J connectivity index is 1.83. The molecule has 3 rings (SSSR count). The normalized spacial score (nSPS) is 15.0. The second kappa shape index (κ2) is 8.88. The summed E-state index contributed by atoms with van der Waals surface area (Å²) in [5, 5.41) is 4.76. The van der Waals surface area contributed by atoms with Crippen LogP contribution in [0.5, 0.6) is 5.88 Å². The lowest BCUT2D eigenvalue weighted by molar-refractivity contribution is -0.276. The molecule has 8 heteroatoms. The monoisotopic (exact) mass is 408 g/mol. The van der Waals surface area contributed by atoms with Gasteiger partial charge in [0.2, 0.25) is 5.88 Å². The highest BCUT2D eigenvalue weighted by atomic mass is 19.4. The Morgan fingerprint density at radius 2 is 2.03 bits per heavy atom. The minimum Gasteiger partial charge on any atom is -0.388 e. The highest BCUT2D eigenvalue weighted by molar-refractivity contribution is 5.47. The van der Waals surface area contributed by atoms with Crippen LogP contribution in [0.2, 0.25) is 0 Å². The Morgan fingerprint density at radius 1 is 1.24 bits per heavy atom. The highest BCUT2D eigenvalue weighted by Crippen LogP contribution is 2.28. The van der Waals surface area contributed by atoms with Crippen molar-refractivity contribution >= 4 is 5.82 Å². The van der Waals surface area contributed by atoms with Crippen LogP contribution in [0.1, 0.15) is 58.1 Å². The molecule has 0 saturated carbocycles. The van der Waals surface area contributed by atoms with Crippen molar-refractivity contribution in [3.63, 3.8) is 0 Å². The number of halogens is 3. The molecule has 0 aromatic carbocycles. The number of anilines is 1. The van der Waals surface area contributed by atoms with Gasteiger partial charge in [-0.2, -0.15) is 0 Å². The molecule has 0 N–H and O–H groups in total. The summed E-state index contributed by atoms with van der Waals surface area (Å²) in [6, 6.07) is 4.81. The molecular formula is C21H27F3N4O. The van der Waals surface area contributed by atoms with Gasteiger partial charge in [-0.15, -0.1) is 18.3 Å². The molecule has 1 aliphatic rings. The summed E-state index contributed by atoms with van der Waals surface area (Å²) >= 11 is 0. The molecule has 158 valence electrons. The van der Waals surface area contributed by atoms with E-state index in [1.807, 2.05) is 0 Å². The van der Waals surface area contributed by atoms with E-state index in [1.54, 1.807) is 10.7 Å². The third-order valence-corrected chi connectivity index (χ3v) is 4.90. The molecule has 0 atom stereocenters. The molecule has 0 bridgehead atoms. The zero-order valence-corrected chi connectivity index (χ0v) is 17.0. The smallest absolute Gasteiger partial charge is 0.388 e. The van der Waals surface area contributed by atoms with Gasteiger partial charge in [-0.3, -0.25) is 0 Å². The van der Waals surface area contributed by atoms with Crippen molar-refractivity contribution in [2.75, 3.05) is 18.0 Å². The first-order chi connectivity index (χ1) is 13.8. The molecule has 0 amide bonds. The number of ether oxygens (including phenoxy) is 1. The van der Waals surface area contributed by atoms with E-state index in [9.17, 15) is 13.2 Å². The fourth-order valence-electron chi connectivity index (χ4n) is 3.43. The number of rotatable bonds is 7. The van der Waals surface area contributed by atoms with Crippen molar-refractivity contribution in [1.29, 1.82) is 0 Å². The average molecular weight is 408 g/mol. The quantitative estimate of drug-likeness (QED) is 0.558. The van der Waals surface area contributed by atoms with Gasteiger partial charge in [0.15, 0.2) is 5.82 Å². The molecule has 29 heavy (non-hydrogen) atoms. The molecule has 0 fully saturated rings. The van der Waals surface area contributed by atoms with Gasteiger partial charge in [0.05, 0.1) is 11.9 Å². The van der Waals surface area contributed by atoms with E-state index in [1.165, 1.54) is 30.7 Å². The molecule has 0 aliphatic carbocycles. The second-order valence-corrected chi connectivity index (χ2v) is 7.57. The van der Waals surface area contributed by atoms with Gasteiger partial charge in [-0.05, 0) is 31.2 Å². The molecule has 1 aliphatic heterocycles. The maximum Gasteiger partial charge on any atom is 0.574 e. The van der Waals surface area contributed by atoms with Crippen LogP contribution in [0.4, 0.5) is 19.0 Å². The van der Waals surface area contributed by atoms with E-state index in [4.69, 9.17) is 5.10 Å². The van der Waals surface area contributed by atoms with Gasteiger partial charge in [-0.1, -0.05) is 38.8 Å². The molecule has 2 aromatic heterocycles. The van der Waals surface area contributed by atoms with Crippen LogP contribution in [0.3, 0.4) is 0 Å². The third kappa shape index (κ3) is 5.52. The fourth-order valence-corrected chi connectivity index (χ4v) is 3.43. The predicted molar refractivity (Wildman–Crippen MR) is 107 cm³/mol. The van der Waals surface area contributed by atoms with Crippen LogP contribution in [0.15, 0.2) is 36.0 Å². The Labute approximate surface area is 169 Å². The summed E-state index contributed by atoms with van der Waals surface area (Å²) in [7, 11) is 0. The highest BCUT2D eigenvalue weighted by Gasteiger charge is 2.31. The third-order valence-electron chi connectivity index (χ3n) is 4.90. The average Bonchev–Trinajstić information content (AvgIpc) is 3.12. The summed E-state index contributed by atoms with van der Waals surface area (Å²) in [5.41, 5.74) is 3.03. The van der Waals surface area contributed by atoms with Crippen molar-refractivity contribution in [3.05, 3.63) is 41.7 Å². The largest absolute Gasteiger partial charge is 0.574 e. The van der Waals surface area contributed by atoms with Crippen LogP contribution in [0.25, 0.3) is 5.69 Å². The van der Waals surface area contributed by atoms with Crippen molar-refractivity contribution in [2.24, 2.45) is 0 Å². The first-order valence-corrected chi connectivity index (χ1v) is 10.0. The minimum absolute atomic E-state index is 0.197. The lowest BCUT2D eigenvalue weighted by Gasteiger charge is -2.27. The number of hydrogen-bond acceptors (Lipinski definition) is 4. The second-order valence-electron chi connectivity index (χ2n) is 7.57. The van der Waals surface area contributed by atoms with Crippen molar-refractivity contribution in [2.45, 2.75) is 58.7 Å². The van der Waals surface area contributed by atoms with E-state index in [0.717, 1.165) is 37.4 Å². The fraction of sp³-hybridized carbons (Fsp3) is 0.524. The summed E-state index contributed by atoms with van der Waals surface area (Å²) < 4.78 is 42.7. The number of pyridine rings is 1. The zero-order valence-electron chi connectivity index (χ0n) is 17.0. The van der Waals surface area contributed by atoms with Crippen LogP contribution in [0, 0.1) is 0 Å². The Hall–Kier alpha value is -2.51. The summed E-state index contributed by atoms with van der Waals surface area (Å²) in [6.07, 6.45) is 3.38. The molecule has 0 unspecified atom stereocenters. The summed E-state index contributed by atoms with van der Waals surface area (Å²) in [4.78, 5) is 6.05.